The zero-order chi connectivity index (χ0) is 14.3. The molecule has 106 valence electrons. The lowest BCUT2D eigenvalue weighted by molar-refractivity contribution is -0.146. The largest absolute Gasteiger partial charge is 0.465 e. The number of hydrogen-bond acceptors (Lipinski definition) is 4. The molecule has 3 rings (SSSR count). The molecule has 1 fully saturated rings. The van der Waals surface area contributed by atoms with Gasteiger partial charge < -0.3 is 9.30 Å². The molecule has 2 aromatic rings. The number of ether oxygens (including phenoxy) is 1. The topological polar surface area (TPSA) is 44.1 Å². The van der Waals surface area contributed by atoms with Crippen LogP contribution in [0.1, 0.15) is 31.2 Å². The molecule has 0 amide bonds. The number of hydrogen-bond donors (Lipinski definition) is 0. The van der Waals surface area contributed by atoms with Gasteiger partial charge in [-0.25, -0.2) is 4.98 Å². The SMILES string of the molecule is CCOC(=O)C1(c2csc(-c3ccc(C)n3C)n2)CC1. The second-order valence-electron chi connectivity index (χ2n) is 5.26. The first-order valence-corrected chi connectivity index (χ1v) is 7.72. The van der Waals surface area contributed by atoms with Gasteiger partial charge in [0.25, 0.3) is 0 Å². The zero-order valence-electron chi connectivity index (χ0n) is 12.0. The third-order valence-corrected chi connectivity index (χ3v) is 4.87. The highest BCUT2D eigenvalue weighted by atomic mass is 32.1. The van der Waals surface area contributed by atoms with Crippen LogP contribution in [0.5, 0.6) is 0 Å². The molecule has 20 heavy (non-hydrogen) atoms. The van der Waals surface area contributed by atoms with Gasteiger partial charge in [0, 0.05) is 18.1 Å². The van der Waals surface area contributed by atoms with Gasteiger partial charge in [0.05, 0.1) is 18.0 Å². The van der Waals surface area contributed by atoms with Gasteiger partial charge >= 0.3 is 5.97 Å². The van der Waals surface area contributed by atoms with Crippen LogP contribution in [0.3, 0.4) is 0 Å². The van der Waals surface area contributed by atoms with Gasteiger partial charge in [-0.15, -0.1) is 11.3 Å². The van der Waals surface area contributed by atoms with Crippen molar-refractivity contribution in [2.24, 2.45) is 7.05 Å². The number of carbonyl (C=O) groups excluding carboxylic acids is 1. The first kappa shape index (κ1) is 13.4. The van der Waals surface area contributed by atoms with Crippen LogP contribution < -0.4 is 0 Å². The lowest BCUT2D eigenvalue weighted by Gasteiger charge is -2.10. The Hall–Kier alpha value is -1.62. The van der Waals surface area contributed by atoms with E-state index in [0.717, 1.165) is 29.2 Å². The second kappa shape index (κ2) is 4.74. The van der Waals surface area contributed by atoms with Crippen LogP contribution in [-0.4, -0.2) is 22.1 Å². The summed E-state index contributed by atoms with van der Waals surface area (Å²) in [6, 6.07) is 4.15. The second-order valence-corrected chi connectivity index (χ2v) is 6.12. The van der Waals surface area contributed by atoms with Crippen molar-refractivity contribution in [3.05, 3.63) is 28.9 Å². The Morgan fingerprint density at radius 1 is 1.50 bits per heavy atom. The molecule has 0 spiro atoms. The van der Waals surface area contributed by atoms with Gasteiger partial charge in [-0.1, -0.05) is 0 Å². The zero-order valence-corrected chi connectivity index (χ0v) is 12.8. The van der Waals surface area contributed by atoms with Gasteiger partial charge in [-0.2, -0.15) is 0 Å². The highest BCUT2D eigenvalue weighted by molar-refractivity contribution is 7.13. The number of aryl methyl sites for hydroxylation is 1. The molecule has 1 aliphatic carbocycles. The van der Waals surface area contributed by atoms with Crippen LogP contribution in [0.15, 0.2) is 17.5 Å². The van der Waals surface area contributed by atoms with Gasteiger partial charge in [0.2, 0.25) is 0 Å². The van der Waals surface area contributed by atoms with Crippen LogP contribution in [0, 0.1) is 6.92 Å². The van der Waals surface area contributed by atoms with Crippen LogP contribution in [-0.2, 0) is 22.0 Å². The quantitative estimate of drug-likeness (QED) is 0.813. The first-order valence-electron chi connectivity index (χ1n) is 6.84. The molecule has 0 saturated heterocycles. The van der Waals surface area contributed by atoms with Gasteiger partial charge in [-0.3, -0.25) is 4.79 Å². The van der Waals surface area contributed by atoms with Crippen LogP contribution >= 0.6 is 11.3 Å². The first-order chi connectivity index (χ1) is 9.58. The van der Waals surface area contributed by atoms with Gasteiger partial charge in [0.15, 0.2) is 0 Å². The van der Waals surface area contributed by atoms with Crippen molar-refractivity contribution in [3.8, 4) is 10.7 Å². The minimum absolute atomic E-state index is 0.125. The van der Waals surface area contributed by atoms with E-state index in [2.05, 4.69) is 28.6 Å². The average Bonchev–Trinajstić information content (AvgIpc) is 2.99. The number of nitrogens with zero attached hydrogens (tertiary/aromatic N) is 2. The van der Waals surface area contributed by atoms with Crippen molar-refractivity contribution in [2.75, 3.05) is 6.61 Å². The highest BCUT2D eigenvalue weighted by Gasteiger charge is 2.54. The Bertz CT molecular complexity index is 653. The summed E-state index contributed by atoms with van der Waals surface area (Å²) < 4.78 is 7.30. The maximum absolute atomic E-state index is 12.1. The van der Waals surface area contributed by atoms with Crippen molar-refractivity contribution in [1.82, 2.24) is 9.55 Å². The van der Waals surface area contributed by atoms with Gasteiger partial charge in [0.1, 0.15) is 10.4 Å². The number of thiazole rings is 1. The molecular formula is C15H18N2O2S. The molecule has 0 radical (unpaired) electrons. The van der Waals surface area contributed by atoms with Crippen molar-refractivity contribution in [3.63, 3.8) is 0 Å². The fraction of sp³-hybridized carbons (Fsp3) is 0.467. The summed E-state index contributed by atoms with van der Waals surface area (Å²) >= 11 is 1.59. The van der Waals surface area contributed by atoms with Crippen molar-refractivity contribution in [1.29, 1.82) is 0 Å². The van der Waals surface area contributed by atoms with E-state index in [1.807, 2.05) is 19.4 Å². The smallest absolute Gasteiger partial charge is 0.318 e. The predicted molar refractivity (Wildman–Crippen MR) is 78.8 cm³/mol. The van der Waals surface area contributed by atoms with Crippen LogP contribution in [0.2, 0.25) is 0 Å². The molecular weight excluding hydrogens is 272 g/mol. The summed E-state index contributed by atoms with van der Waals surface area (Å²) in [4.78, 5) is 16.8. The van der Waals surface area contributed by atoms with E-state index < -0.39 is 5.41 Å². The lowest BCUT2D eigenvalue weighted by Crippen LogP contribution is -2.23. The van der Waals surface area contributed by atoms with E-state index in [4.69, 9.17) is 4.74 Å². The predicted octanol–water partition coefficient (Wildman–Crippen LogP) is 3.05. The monoisotopic (exact) mass is 290 g/mol. The molecule has 5 heteroatoms. The number of rotatable bonds is 4. The normalized spacial score (nSPS) is 16.1. The Morgan fingerprint density at radius 2 is 2.25 bits per heavy atom. The van der Waals surface area contributed by atoms with E-state index in [-0.39, 0.29) is 5.97 Å². The van der Waals surface area contributed by atoms with E-state index in [1.165, 1.54) is 5.69 Å². The lowest BCUT2D eigenvalue weighted by atomic mass is 10.0. The summed E-state index contributed by atoms with van der Waals surface area (Å²) in [5.74, 6) is -0.125. The van der Waals surface area contributed by atoms with E-state index in [1.54, 1.807) is 11.3 Å². The standard InChI is InChI=1S/C15H18N2O2S/c1-4-19-14(18)15(7-8-15)12-9-20-13(16-12)11-6-5-10(2)17(11)3/h5-6,9H,4,7-8H2,1-3H3. The Labute approximate surface area is 122 Å². The maximum Gasteiger partial charge on any atom is 0.318 e. The highest BCUT2D eigenvalue weighted by Crippen LogP contribution is 2.49. The average molecular weight is 290 g/mol. The summed E-state index contributed by atoms with van der Waals surface area (Å²) in [6.07, 6.45) is 1.70. The molecule has 2 aromatic heterocycles. The Kier molecular flexibility index (Phi) is 3.17. The molecule has 2 heterocycles. The molecule has 1 aliphatic rings. The van der Waals surface area contributed by atoms with Crippen LogP contribution in [0.4, 0.5) is 0 Å². The molecule has 0 bridgehead atoms. The number of esters is 1. The van der Waals surface area contributed by atoms with Crippen LogP contribution in [0.25, 0.3) is 10.7 Å². The fourth-order valence-corrected chi connectivity index (χ4v) is 3.38. The minimum atomic E-state index is -0.467. The molecule has 0 atom stereocenters. The molecule has 0 aromatic carbocycles. The molecule has 1 saturated carbocycles. The van der Waals surface area contributed by atoms with E-state index in [0.29, 0.717) is 6.61 Å². The van der Waals surface area contributed by atoms with Crippen molar-refractivity contribution < 1.29 is 9.53 Å². The van der Waals surface area contributed by atoms with Crippen molar-refractivity contribution >= 4 is 17.3 Å². The van der Waals surface area contributed by atoms with E-state index >= 15 is 0 Å². The minimum Gasteiger partial charge on any atom is -0.465 e. The van der Waals surface area contributed by atoms with Crippen molar-refractivity contribution in [2.45, 2.75) is 32.1 Å². The number of aromatic nitrogens is 2. The maximum atomic E-state index is 12.1. The number of carbonyl (C=O) groups is 1. The summed E-state index contributed by atoms with van der Waals surface area (Å²) in [7, 11) is 2.03. The Morgan fingerprint density at radius 3 is 2.80 bits per heavy atom. The fourth-order valence-electron chi connectivity index (χ4n) is 2.40. The summed E-state index contributed by atoms with van der Waals surface area (Å²) in [5, 5.41) is 2.97. The van der Waals surface area contributed by atoms with E-state index in [9.17, 15) is 4.79 Å². The molecule has 4 nitrogen and oxygen atoms in total. The third-order valence-electron chi connectivity index (χ3n) is 4.00. The summed E-state index contributed by atoms with van der Waals surface area (Å²) in [5.41, 5.74) is 2.70. The molecule has 0 aliphatic heterocycles. The third kappa shape index (κ3) is 1.97. The summed E-state index contributed by atoms with van der Waals surface area (Å²) in [6.45, 7) is 4.33. The Balaban J connectivity index is 1.91. The molecule has 0 N–H and O–H groups in total. The molecule has 0 unspecified atom stereocenters. The van der Waals surface area contributed by atoms with Gasteiger partial charge in [-0.05, 0) is 38.8 Å².